The maximum atomic E-state index is 13.6. The van der Waals surface area contributed by atoms with Gasteiger partial charge in [0.2, 0.25) is 5.95 Å². The molecule has 3 nitrogen and oxygen atoms in total. The quantitative estimate of drug-likeness (QED) is 0.901. The van der Waals surface area contributed by atoms with E-state index < -0.39 is 0 Å². The van der Waals surface area contributed by atoms with E-state index in [2.05, 4.69) is 15.3 Å². The average molecular weight is 245 g/mol. The van der Waals surface area contributed by atoms with E-state index in [1.165, 1.54) is 6.07 Å². The molecule has 2 rings (SSSR count). The van der Waals surface area contributed by atoms with Gasteiger partial charge < -0.3 is 5.32 Å². The SMILES string of the molecule is CCNc1ncc(C)c(-c2ccc(C)c(F)c2)n1. The number of benzene rings is 1. The average Bonchev–Trinajstić information content (AvgIpc) is 2.35. The number of halogens is 1. The van der Waals surface area contributed by atoms with Crippen LogP contribution in [0.2, 0.25) is 0 Å². The number of nitrogens with zero attached hydrogens (tertiary/aromatic N) is 2. The molecule has 0 saturated heterocycles. The molecule has 1 N–H and O–H groups in total. The molecule has 0 amide bonds. The van der Waals surface area contributed by atoms with Gasteiger partial charge in [-0.3, -0.25) is 0 Å². The fourth-order valence-electron chi connectivity index (χ4n) is 1.72. The standard InChI is InChI=1S/C14H16FN3/c1-4-16-14-17-8-10(3)13(18-14)11-6-5-9(2)12(15)7-11/h5-8H,4H2,1-3H3,(H,16,17,18). The van der Waals surface area contributed by atoms with Gasteiger partial charge in [-0.25, -0.2) is 14.4 Å². The van der Waals surface area contributed by atoms with E-state index in [1.54, 1.807) is 19.2 Å². The van der Waals surface area contributed by atoms with Crippen LogP contribution in [-0.4, -0.2) is 16.5 Å². The highest BCUT2D eigenvalue weighted by molar-refractivity contribution is 5.64. The molecule has 0 saturated carbocycles. The van der Waals surface area contributed by atoms with Crippen molar-refractivity contribution in [1.29, 1.82) is 0 Å². The number of hydrogen-bond donors (Lipinski definition) is 1. The fourth-order valence-corrected chi connectivity index (χ4v) is 1.72. The zero-order chi connectivity index (χ0) is 13.1. The van der Waals surface area contributed by atoms with E-state index >= 15 is 0 Å². The Morgan fingerprint density at radius 3 is 2.67 bits per heavy atom. The van der Waals surface area contributed by atoms with E-state index in [9.17, 15) is 4.39 Å². The van der Waals surface area contributed by atoms with Crippen molar-refractivity contribution in [2.24, 2.45) is 0 Å². The van der Waals surface area contributed by atoms with Gasteiger partial charge in [0.05, 0.1) is 5.69 Å². The number of aromatic nitrogens is 2. The summed E-state index contributed by atoms with van der Waals surface area (Å²) in [5.74, 6) is 0.356. The number of rotatable bonds is 3. The van der Waals surface area contributed by atoms with E-state index in [-0.39, 0.29) is 5.82 Å². The highest BCUT2D eigenvalue weighted by Gasteiger charge is 2.08. The van der Waals surface area contributed by atoms with Crippen LogP contribution >= 0.6 is 0 Å². The van der Waals surface area contributed by atoms with Gasteiger partial charge in [-0.2, -0.15) is 0 Å². The van der Waals surface area contributed by atoms with Crippen molar-refractivity contribution < 1.29 is 4.39 Å². The normalized spacial score (nSPS) is 10.4. The Hall–Kier alpha value is -1.97. The van der Waals surface area contributed by atoms with Crippen molar-refractivity contribution in [3.8, 4) is 11.3 Å². The highest BCUT2D eigenvalue weighted by atomic mass is 19.1. The third-order valence-electron chi connectivity index (χ3n) is 2.75. The van der Waals surface area contributed by atoms with E-state index in [0.29, 0.717) is 11.5 Å². The third kappa shape index (κ3) is 2.47. The van der Waals surface area contributed by atoms with Crippen LogP contribution in [0.3, 0.4) is 0 Å². The van der Waals surface area contributed by atoms with Crippen molar-refractivity contribution in [1.82, 2.24) is 9.97 Å². The molecule has 0 bridgehead atoms. The molecule has 0 aliphatic carbocycles. The van der Waals surface area contributed by atoms with Crippen LogP contribution < -0.4 is 5.32 Å². The molecular weight excluding hydrogens is 229 g/mol. The maximum absolute atomic E-state index is 13.6. The number of anilines is 1. The Bertz CT molecular complexity index is 567. The van der Waals surface area contributed by atoms with Crippen molar-refractivity contribution in [3.05, 3.63) is 41.3 Å². The summed E-state index contributed by atoms with van der Waals surface area (Å²) in [4.78, 5) is 8.59. The predicted molar refractivity (Wildman–Crippen MR) is 71.1 cm³/mol. The largest absolute Gasteiger partial charge is 0.354 e. The summed E-state index contributed by atoms with van der Waals surface area (Å²) in [5, 5.41) is 3.05. The number of nitrogens with one attached hydrogen (secondary N) is 1. The minimum atomic E-state index is -0.212. The lowest BCUT2D eigenvalue weighted by Gasteiger charge is -2.08. The van der Waals surface area contributed by atoms with Crippen LogP contribution in [0.15, 0.2) is 24.4 Å². The summed E-state index contributed by atoms with van der Waals surface area (Å²) >= 11 is 0. The van der Waals surface area contributed by atoms with Gasteiger partial charge in [-0.1, -0.05) is 12.1 Å². The molecule has 18 heavy (non-hydrogen) atoms. The predicted octanol–water partition coefficient (Wildman–Crippen LogP) is 3.33. The molecule has 0 atom stereocenters. The zero-order valence-electron chi connectivity index (χ0n) is 10.8. The van der Waals surface area contributed by atoms with Crippen LogP contribution in [0.25, 0.3) is 11.3 Å². The lowest BCUT2D eigenvalue weighted by atomic mass is 10.1. The molecule has 2 aromatic rings. The molecule has 0 fully saturated rings. The summed E-state index contributed by atoms with van der Waals surface area (Å²) in [6.45, 7) is 6.40. The van der Waals surface area contributed by atoms with Crippen molar-refractivity contribution in [2.45, 2.75) is 20.8 Å². The highest BCUT2D eigenvalue weighted by Crippen LogP contribution is 2.23. The first-order chi connectivity index (χ1) is 8.61. The van der Waals surface area contributed by atoms with E-state index in [4.69, 9.17) is 0 Å². The fraction of sp³-hybridized carbons (Fsp3) is 0.286. The summed E-state index contributed by atoms with van der Waals surface area (Å²) in [6.07, 6.45) is 1.75. The molecule has 0 aliphatic rings. The summed E-state index contributed by atoms with van der Waals surface area (Å²) in [5.41, 5.74) is 3.11. The Balaban J connectivity index is 2.48. The minimum absolute atomic E-state index is 0.212. The van der Waals surface area contributed by atoms with Gasteiger partial charge in [0.15, 0.2) is 0 Å². The van der Waals surface area contributed by atoms with Crippen LogP contribution in [-0.2, 0) is 0 Å². The molecule has 1 aromatic heterocycles. The van der Waals surface area contributed by atoms with Crippen LogP contribution in [0.1, 0.15) is 18.1 Å². The summed E-state index contributed by atoms with van der Waals surface area (Å²) < 4.78 is 13.6. The van der Waals surface area contributed by atoms with Gasteiger partial charge in [0.25, 0.3) is 0 Å². The van der Waals surface area contributed by atoms with Crippen LogP contribution in [0.4, 0.5) is 10.3 Å². The topological polar surface area (TPSA) is 37.8 Å². The molecule has 1 heterocycles. The summed E-state index contributed by atoms with van der Waals surface area (Å²) in [6, 6.07) is 5.16. The Kier molecular flexibility index (Phi) is 3.55. The molecule has 1 aromatic carbocycles. The van der Waals surface area contributed by atoms with Crippen LogP contribution in [0.5, 0.6) is 0 Å². The van der Waals surface area contributed by atoms with Gasteiger partial charge >= 0.3 is 0 Å². The lowest BCUT2D eigenvalue weighted by molar-refractivity contribution is 0.619. The van der Waals surface area contributed by atoms with Crippen molar-refractivity contribution >= 4 is 5.95 Å². The minimum Gasteiger partial charge on any atom is -0.354 e. The van der Waals surface area contributed by atoms with Crippen molar-refractivity contribution in [2.75, 3.05) is 11.9 Å². The first-order valence-electron chi connectivity index (χ1n) is 5.96. The lowest BCUT2D eigenvalue weighted by Crippen LogP contribution is -2.03. The first kappa shape index (κ1) is 12.5. The number of hydrogen-bond acceptors (Lipinski definition) is 3. The molecule has 94 valence electrons. The molecule has 0 unspecified atom stereocenters. The van der Waals surface area contributed by atoms with Crippen molar-refractivity contribution in [3.63, 3.8) is 0 Å². The Labute approximate surface area is 106 Å². The Morgan fingerprint density at radius 2 is 2.00 bits per heavy atom. The van der Waals surface area contributed by atoms with Gasteiger partial charge in [0.1, 0.15) is 5.82 Å². The van der Waals surface area contributed by atoms with E-state index in [0.717, 1.165) is 23.4 Å². The Morgan fingerprint density at radius 1 is 1.22 bits per heavy atom. The zero-order valence-corrected chi connectivity index (χ0v) is 10.8. The second-order valence-electron chi connectivity index (χ2n) is 4.22. The molecule has 0 spiro atoms. The molecule has 4 heteroatoms. The maximum Gasteiger partial charge on any atom is 0.223 e. The molecular formula is C14H16FN3. The molecule has 0 radical (unpaired) electrons. The second kappa shape index (κ2) is 5.12. The monoisotopic (exact) mass is 245 g/mol. The summed E-state index contributed by atoms with van der Waals surface area (Å²) in [7, 11) is 0. The first-order valence-corrected chi connectivity index (χ1v) is 5.96. The number of aryl methyl sites for hydroxylation is 2. The smallest absolute Gasteiger partial charge is 0.223 e. The third-order valence-corrected chi connectivity index (χ3v) is 2.75. The molecule has 0 aliphatic heterocycles. The van der Waals surface area contributed by atoms with Gasteiger partial charge in [0, 0.05) is 18.3 Å². The van der Waals surface area contributed by atoms with Crippen LogP contribution in [0, 0.1) is 19.7 Å². The van der Waals surface area contributed by atoms with E-state index in [1.807, 2.05) is 19.9 Å². The van der Waals surface area contributed by atoms with Gasteiger partial charge in [-0.15, -0.1) is 0 Å². The van der Waals surface area contributed by atoms with Gasteiger partial charge in [-0.05, 0) is 38.0 Å². The second-order valence-corrected chi connectivity index (χ2v) is 4.22.